The van der Waals surface area contributed by atoms with Crippen molar-refractivity contribution in [2.24, 2.45) is 0 Å². The first-order chi connectivity index (χ1) is 9.94. The zero-order chi connectivity index (χ0) is 15.5. The molecule has 7 heteroatoms. The zero-order valence-electron chi connectivity index (χ0n) is 12.1. The molecule has 0 spiro atoms. The van der Waals surface area contributed by atoms with Crippen LogP contribution in [-0.2, 0) is 9.53 Å². The lowest BCUT2D eigenvalue weighted by Crippen LogP contribution is -2.50. The van der Waals surface area contributed by atoms with Crippen molar-refractivity contribution in [1.82, 2.24) is 9.88 Å². The number of hydrogen-bond acceptors (Lipinski definition) is 5. The summed E-state index contributed by atoms with van der Waals surface area (Å²) in [6, 6.07) is 3.25. The molecule has 1 aromatic rings. The van der Waals surface area contributed by atoms with Crippen molar-refractivity contribution in [1.29, 1.82) is 0 Å². The van der Waals surface area contributed by atoms with Gasteiger partial charge in [-0.2, -0.15) is 0 Å². The summed E-state index contributed by atoms with van der Waals surface area (Å²) < 4.78 is 5.22. The molecule has 114 valence electrons. The summed E-state index contributed by atoms with van der Waals surface area (Å²) in [6.45, 7) is 0.799. The number of amides is 1. The minimum absolute atomic E-state index is 0.145. The Hall–Kier alpha value is -2.15. The first kappa shape index (κ1) is 15.2. The number of ether oxygens (including phenoxy) is 1. The monoisotopic (exact) mass is 293 g/mol. The summed E-state index contributed by atoms with van der Waals surface area (Å²) in [5, 5.41) is 12.4. The number of carboxylic acid groups (broad SMARTS) is 1. The summed E-state index contributed by atoms with van der Waals surface area (Å²) in [7, 11) is 3.33. The Morgan fingerprint density at radius 1 is 1.33 bits per heavy atom. The van der Waals surface area contributed by atoms with Gasteiger partial charge < -0.3 is 20.1 Å². The van der Waals surface area contributed by atoms with E-state index in [0.717, 1.165) is 0 Å². The van der Waals surface area contributed by atoms with Gasteiger partial charge in [0.15, 0.2) is 0 Å². The highest BCUT2D eigenvalue weighted by Gasteiger charge is 2.40. The fourth-order valence-electron chi connectivity index (χ4n) is 2.21. The maximum absolute atomic E-state index is 11.8. The fraction of sp³-hybridized carbons (Fsp3) is 0.500. The van der Waals surface area contributed by atoms with E-state index in [1.54, 1.807) is 26.2 Å². The lowest BCUT2D eigenvalue weighted by Gasteiger charge is -2.34. The van der Waals surface area contributed by atoms with Crippen molar-refractivity contribution in [2.75, 3.05) is 32.6 Å². The molecule has 1 saturated heterocycles. The van der Waals surface area contributed by atoms with Crippen molar-refractivity contribution in [3.8, 4) is 0 Å². The van der Waals surface area contributed by atoms with Gasteiger partial charge in [-0.15, -0.1) is 0 Å². The largest absolute Gasteiger partial charge is 0.480 e. The van der Waals surface area contributed by atoms with E-state index in [1.807, 2.05) is 0 Å². The molecule has 21 heavy (non-hydrogen) atoms. The number of nitrogens with zero attached hydrogens (tertiary/aromatic N) is 2. The van der Waals surface area contributed by atoms with Crippen LogP contribution < -0.4 is 5.32 Å². The van der Waals surface area contributed by atoms with Crippen LogP contribution in [0.3, 0.4) is 0 Å². The van der Waals surface area contributed by atoms with E-state index in [4.69, 9.17) is 4.74 Å². The van der Waals surface area contributed by atoms with Crippen LogP contribution in [0.4, 0.5) is 5.82 Å². The topological polar surface area (TPSA) is 91.8 Å². The Labute approximate surface area is 122 Å². The van der Waals surface area contributed by atoms with Crippen LogP contribution in [0.5, 0.6) is 0 Å². The number of carboxylic acids is 1. The van der Waals surface area contributed by atoms with Crippen LogP contribution >= 0.6 is 0 Å². The first-order valence-corrected chi connectivity index (χ1v) is 6.72. The van der Waals surface area contributed by atoms with Gasteiger partial charge in [0.2, 0.25) is 0 Å². The van der Waals surface area contributed by atoms with Gasteiger partial charge in [-0.1, -0.05) is 0 Å². The summed E-state index contributed by atoms with van der Waals surface area (Å²) in [5.41, 5.74) is -0.597. The molecule has 7 nitrogen and oxygen atoms in total. The van der Waals surface area contributed by atoms with E-state index in [2.05, 4.69) is 10.3 Å². The third kappa shape index (κ3) is 3.30. The van der Waals surface area contributed by atoms with Gasteiger partial charge in [-0.25, -0.2) is 9.78 Å². The second-order valence-corrected chi connectivity index (χ2v) is 5.26. The Balaban J connectivity index is 2.15. The normalized spacial score (nSPS) is 17.0. The van der Waals surface area contributed by atoms with Crippen LogP contribution in [0, 0.1) is 0 Å². The minimum Gasteiger partial charge on any atom is -0.480 e. The standard InChI is InChI=1S/C14H19N3O4/c1-17(2)12(18)10-3-4-11(15-9-10)16-14(13(19)20)5-7-21-8-6-14/h3-4,9H,5-8H2,1-2H3,(H,15,16)(H,19,20). The molecule has 1 amide bonds. The van der Waals surface area contributed by atoms with Crippen LogP contribution in [0.2, 0.25) is 0 Å². The van der Waals surface area contributed by atoms with Crippen molar-refractivity contribution in [3.05, 3.63) is 23.9 Å². The van der Waals surface area contributed by atoms with Gasteiger partial charge in [0.25, 0.3) is 5.91 Å². The smallest absolute Gasteiger partial charge is 0.329 e. The maximum atomic E-state index is 11.8. The number of anilines is 1. The Morgan fingerprint density at radius 3 is 2.48 bits per heavy atom. The molecule has 0 bridgehead atoms. The van der Waals surface area contributed by atoms with Crippen LogP contribution in [0.1, 0.15) is 23.2 Å². The van der Waals surface area contributed by atoms with Crippen molar-refractivity contribution >= 4 is 17.7 Å². The van der Waals surface area contributed by atoms with Crippen molar-refractivity contribution in [3.63, 3.8) is 0 Å². The molecule has 1 aliphatic rings. The van der Waals surface area contributed by atoms with Gasteiger partial charge >= 0.3 is 5.97 Å². The van der Waals surface area contributed by atoms with Gasteiger partial charge in [0, 0.05) is 46.3 Å². The number of carbonyl (C=O) groups is 2. The number of pyridine rings is 1. The molecule has 1 aromatic heterocycles. The van der Waals surface area contributed by atoms with Gasteiger partial charge in [0.1, 0.15) is 11.4 Å². The number of aromatic nitrogens is 1. The average Bonchev–Trinajstić information content (AvgIpc) is 2.48. The lowest BCUT2D eigenvalue weighted by molar-refractivity contribution is -0.145. The van der Waals surface area contributed by atoms with Gasteiger partial charge in [0.05, 0.1) is 5.56 Å². The molecule has 2 rings (SSSR count). The summed E-state index contributed by atoms with van der Waals surface area (Å²) >= 11 is 0. The third-order valence-electron chi connectivity index (χ3n) is 3.54. The highest BCUT2D eigenvalue weighted by Crippen LogP contribution is 2.25. The molecule has 1 fully saturated rings. The highest BCUT2D eigenvalue weighted by atomic mass is 16.5. The lowest BCUT2D eigenvalue weighted by atomic mass is 9.90. The molecule has 0 radical (unpaired) electrons. The number of hydrogen-bond donors (Lipinski definition) is 2. The van der Waals surface area contributed by atoms with E-state index in [1.165, 1.54) is 11.1 Å². The maximum Gasteiger partial charge on any atom is 0.329 e. The molecular weight excluding hydrogens is 274 g/mol. The number of aliphatic carboxylic acids is 1. The highest BCUT2D eigenvalue weighted by molar-refractivity contribution is 5.93. The van der Waals surface area contributed by atoms with Gasteiger partial charge in [-0.05, 0) is 12.1 Å². The predicted molar refractivity (Wildman–Crippen MR) is 76.3 cm³/mol. The molecule has 0 unspecified atom stereocenters. The molecule has 0 saturated carbocycles. The third-order valence-corrected chi connectivity index (χ3v) is 3.54. The van der Waals surface area contributed by atoms with Crippen molar-refractivity contribution < 1.29 is 19.4 Å². The predicted octanol–water partition coefficient (Wildman–Crippen LogP) is 0.829. The summed E-state index contributed by atoms with van der Waals surface area (Å²) in [4.78, 5) is 28.9. The molecule has 0 aliphatic carbocycles. The second-order valence-electron chi connectivity index (χ2n) is 5.26. The first-order valence-electron chi connectivity index (χ1n) is 6.72. The number of carbonyl (C=O) groups excluding carboxylic acids is 1. The van der Waals surface area contributed by atoms with Gasteiger partial charge in [-0.3, -0.25) is 4.79 Å². The summed E-state index contributed by atoms with van der Waals surface area (Å²) in [6.07, 6.45) is 2.20. The zero-order valence-corrected chi connectivity index (χ0v) is 12.1. The van der Waals surface area contributed by atoms with E-state index in [-0.39, 0.29) is 5.91 Å². The van der Waals surface area contributed by atoms with E-state index in [9.17, 15) is 14.7 Å². The number of rotatable bonds is 4. The molecule has 0 atom stereocenters. The Bertz CT molecular complexity index is 522. The summed E-state index contributed by atoms with van der Waals surface area (Å²) in [5.74, 6) is -0.622. The Morgan fingerprint density at radius 2 is 2.00 bits per heavy atom. The molecule has 1 aliphatic heterocycles. The molecule has 2 N–H and O–H groups in total. The second kappa shape index (κ2) is 6.09. The molecule has 2 heterocycles. The van der Waals surface area contributed by atoms with Crippen molar-refractivity contribution in [2.45, 2.75) is 18.4 Å². The van der Waals surface area contributed by atoms with Crippen LogP contribution in [-0.4, -0.2) is 59.7 Å². The van der Waals surface area contributed by atoms with Crippen LogP contribution in [0.25, 0.3) is 0 Å². The average molecular weight is 293 g/mol. The SMILES string of the molecule is CN(C)C(=O)c1ccc(NC2(C(=O)O)CCOCC2)nc1. The Kier molecular flexibility index (Phi) is 4.42. The van der Waals surface area contributed by atoms with E-state index < -0.39 is 11.5 Å². The number of nitrogens with one attached hydrogen (secondary N) is 1. The molecule has 0 aromatic carbocycles. The minimum atomic E-state index is -1.06. The van der Waals surface area contributed by atoms with E-state index in [0.29, 0.717) is 37.4 Å². The van der Waals surface area contributed by atoms with Crippen LogP contribution in [0.15, 0.2) is 18.3 Å². The quantitative estimate of drug-likeness (QED) is 0.854. The van der Waals surface area contributed by atoms with E-state index >= 15 is 0 Å². The molecular formula is C14H19N3O4. The fourth-order valence-corrected chi connectivity index (χ4v) is 2.21.